The summed E-state index contributed by atoms with van der Waals surface area (Å²) in [5.74, 6) is 0. The molecule has 0 bridgehead atoms. The Morgan fingerprint density at radius 1 is 0.850 bits per heavy atom. The number of H-pyrrole nitrogens is 1. The van der Waals surface area contributed by atoms with Gasteiger partial charge in [0, 0.05) is 6.20 Å². The molecule has 0 amide bonds. The van der Waals surface area contributed by atoms with E-state index in [0.717, 1.165) is 0 Å². The van der Waals surface area contributed by atoms with E-state index in [4.69, 9.17) is 0 Å². The minimum absolute atomic E-state index is 0.527. The highest BCUT2D eigenvalue weighted by atomic mass is 31.2. The molecular formula is C16H35N3P. The molecule has 4 heteroatoms. The summed E-state index contributed by atoms with van der Waals surface area (Å²) in [6.07, 6.45) is 18.1. The molecule has 0 spiro atoms. The predicted octanol–water partition coefficient (Wildman–Crippen LogP) is 5.23. The van der Waals surface area contributed by atoms with Crippen LogP contribution in [0.4, 0.5) is 0 Å². The van der Waals surface area contributed by atoms with Crippen molar-refractivity contribution in [2.75, 3.05) is 24.6 Å². The van der Waals surface area contributed by atoms with E-state index in [1.165, 1.54) is 44.7 Å². The zero-order valence-electron chi connectivity index (χ0n) is 14.1. The van der Waals surface area contributed by atoms with Crippen molar-refractivity contribution in [1.29, 1.82) is 0 Å². The van der Waals surface area contributed by atoms with Gasteiger partial charge in [-0.05, 0) is 43.9 Å². The number of aromatic nitrogens is 3. The molecule has 0 aromatic carbocycles. The zero-order valence-corrected chi connectivity index (χ0v) is 15.0. The molecule has 0 unspecified atom stereocenters. The Balaban J connectivity index is 0.000000595. The molecule has 119 valence electrons. The lowest BCUT2D eigenvalue weighted by atomic mass is 10.4. The number of nitrogens with one attached hydrogen (secondary N) is 1. The molecule has 1 rings (SSSR count). The predicted molar refractivity (Wildman–Crippen MR) is 93.2 cm³/mol. The quantitative estimate of drug-likeness (QED) is 0.601. The molecule has 0 atom stereocenters. The highest BCUT2D eigenvalue weighted by Crippen LogP contribution is 2.60. The van der Waals surface area contributed by atoms with Crippen molar-refractivity contribution < 1.29 is 0 Å². The van der Waals surface area contributed by atoms with Crippen molar-refractivity contribution in [1.82, 2.24) is 15.4 Å². The lowest BCUT2D eigenvalue weighted by Crippen LogP contribution is -2.11. The smallest absolute Gasteiger partial charge is 0.0690 e. The molecule has 1 aromatic rings. The van der Waals surface area contributed by atoms with Gasteiger partial charge in [-0.3, -0.25) is 5.10 Å². The van der Waals surface area contributed by atoms with E-state index < -0.39 is 7.26 Å². The van der Waals surface area contributed by atoms with E-state index in [1.807, 2.05) is 0 Å². The molecule has 1 aromatic heterocycles. The summed E-state index contributed by atoms with van der Waals surface area (Å²) >= 11 is 0. The molecule has 1 N–H and O–H groups in total. The van der Waals surface area contributed by atoms with Crippen molar-refractivity contribution >= 4 is 7.26 Å². The van der Waals surface area contributed by atoms with E-state index >= 15 is 0 Å². The van der Waals surface area contributed by atoms with E-state index in [2.05, 4.69) is 43.1 Å². The molecule has 0 saturated carbocycles. The van der Waals surface area contributed by atoms with Gasteiger partial charge in [-0.1, -0.05) is 52.2 Å². The summed E-state index contributed by atoms with van der Waals surface area (Å²) in [4.78, 5) is 0. The van der Waals surface area contributed by atoms with E-state index in [1.54, 1.807) is 30.9 Å². The average Bonchev–Trinajstić information content (AvgIpc) is 3.07. The summed E-state index contributed by atoms with van der Waals surface area (Å²) in [5, 5.41) is 9.26. The van der Waals surface area contributed by atoms with Crippen LogP contribution in [-0.2, 0) is 0 Å². The maximum Gasteiger partial charge on any atom is 0.0690 e. The number of unbranched alkanes of at least 4 members (excludes halogenated alkanes) is 3. The van der Waals surface area contributed by atoms with Crippen LogP contribution in [0.5, 0.6) is 0 Å². The van der Waals surface area contributed by atoms with Gasteiger partial charge in [0.2, 0.25) is 0 Å². The minimum Gasteiger partial charge on any atom is -0.266 e. The van der Waals surface area contributed by atoms with E-state index in [-0.39, 0.29) is 0 Å². The second kappa shape index (κ2) is 13.5. The van der Waals surface area contributed by atoms with Crippen LogP contribution < -0.4 is 0 Å². The Labute approximate surface area is 126 Å². The fourth-order valence-corrected chi connectivity index (χ4v) is 7.04. The summed E-state index contributed by atoms with van der Waals surface area (Å²) < 4.78 is 0. The Bertz CT molecular complexity index is 236. The number of aromatic amines is 1. The summed E-state index contributed by atoms with van der Waals surface area (Å²) in [7, 11) is -0.527. The monoisotopic (exact) mass is 300 g/mol. The van der Waals surface area contributed by atoms with Crippen LogP contribution in [0.25, 0.3) is 0 Å². The van der Waals surface area contributed by atoms with Crippen LogP contribution in [-0.4, -0.2) is 40.1 Å². The van der Waals surface area contributed by atoms with Crippen LogP contribution >= 0.6 is 7.26 Å². The second-order valence-electron chi connectivity index (χ2n) is 5.55. The molecule has 0 aliphatic carbocycles. The van der Waals surface area contributed by atoms with Crippen LogP contribution in [0.2, 0.25) is 0 Å². The van der Waals surface area contributed by atoms with Crippen molar-refractivity contribution in [3.8, 4) is 0 Å². The van der Waals surface area contributed by atoms with Gasteiger partial charge in [0.25, 0.3) is 0 Å². The lowest BCUT2D eigenvalue weighted by Gasteiger charge is -2.36. The Kier molecular flexibility index (Phi) is 13.3. The molecule has 3 nitrogen and oxygen atoms in total. The zero-order chi connectivity index (χ0) is 15.1. The third kappa shape index (κ3) is 9.47. The first kappa shape index (κ1) is 19.6. The lowest BCUT2D eigenvalue weighted by molar-refractivity contribution is 0.834. The number of rotatable bonds is 10. The first-order valence-corrected chi connectivity index (χ1v) is 10.9. The van der Waals surface area contributed by atoms with Crippen molar-refractivity contribution in [2.24, 2.45) is 0 Å². The van der Waals surface area contributed by atoms with Crippen molar-refractivity contribution in [3.63, 3.8) is 0 Å². The molecule has 1 radical (unpaired) electrons. The van der Waals surface area contributed by atoms with Gasteiger partial charge >= 0.3 is 0 Å². The Morgan fingerprint density at radius 2 is 1.35 bits per heavy atom. The summed E-state index contributed by atoms with van der Waals surface area (Å²) in [6, 6.07) is 0. The first-order valence-electron chi connectivity index (χ1n) is 8.40. The van der Waals surface area contributed by atoms with Crippen LogP contribution in [0.3, 0.4) is 0 Å². The third-order valence-corrected chi connectivity index (χ3v) is 9.10. The van der Waals surface area contributed by atoms with Crippen LogP contribution in [0.1, 0.15) is 66.2 Å². The van der Waals surface area contributed by atoms with E-state index in [9.17, 15) is 0 Å². The van der Waals surface area contributed by atoms with Crippen molar-refractivity contribution in [2.45, 2.75) is 66.2 Å². The SMILES string of the molecule is CCCC[P](CC)(CCCC)CCCC.c1c[nH]nn1. The fourth-order valence-electron chi connectivity index (χ4n) is 2.46. The average molecular weight is 300 g/mol. The Morgan fingerprint density at radius 3 is 1.55 bits per heavy atom. The highest BCUT2D eigenvalue weighted by molar-refractivity contribution is 7.75. The minimum atomic E-state index is -0.527. The summed E-state index contributed by atoms with van der Waals surface area (Å²) in [6.45, 7) is 9.46. The molecule has 0 aliphatic heterocycles. The van der Waals surface area contributed by atoms with Gasteiger partial charge in [-0.15, -0.1) is 12.4 Å². The van der Waals surface area contributed by atoms with Gasteiger partial charge in [-0.2, -0.15) is 0 Å². The van der Waals surface area contributed by atoms with Gasteiger partial charge in [0.1, 0.15) is 0 Å². The van der Waals surface area contributed by atoms with Gasteiger partial charge < -0.3 is 0 Å². The molecule has 0 aliphatic rings. The maximum absolute atomic E-state index is 3.42. The number of nitrogens with zero attached hydrogens (tertiary/aromatic N) is 2. The molecular weight excluding hydrogens is 265 g/mol. The normalized spacial score (nSPS) is 11.0. The molecule has 20 heavy (non-hydrogen) atoms. The maximum atomic E-state index is 3.42. The van der Waals surface area contributed by atoms with Crippen molar-refractivity contribution in [3.05, 3.63) is 12.4 Å². The van der Waals surface area contributed by atoms with Crippen LogP contribution in [0.15, 0.2) is 12.4 Å². The topological polar surface area (TPSA) is 41.6 Å². The largest absolute Gasteiger partial charge is 0.266 e. The second-order valence-corrected chi connectivity index (χ2v) is 10.2. The van der Waals surface area contributed by atoms with E-state index in [0.29, 0.717) is 0 Å². The van der Waals surface area contributed by atoms with Crippen LogP contribution in [0, 0.1) is 0 Å². The molecule has 0 saturated heterocycles. The van der Waals surface area contributed by atoms with Gasteiger partial charge in [0.05, 0.1) is 6.20 Å². The van der Waals surface area contributed by atoms with Gasteiger partial charge in [0.15, 0.2) is 0 Å². The molecule has 1 heterocycles. The number of hydrogen-bond donors (Lipinski definition) is 1. The Hall–Kier alpha value is -0.430. The fraction of sp³-hybridized carbons (Fsp3) is 0.875. The highest BCUT2D eigenvalue weighted by Gasteiger charge is 2.22. The summed E-state index contributed by atoms with van der Waals surface area (Å²) in [5.41, 5.74) is 0. The number of hydrogen-bond acceptors (Lipinski definition) is 2. The molecule has 0 fully saturated rings. The standard InChI is InChI=1S/C14H32P.C2H3N3/c1-5-9-12-15(8-4,13-10-6-2)14-11-7-3;1-2-4-5-3-1/h5-14H2,1-4H3;1-2H,(H,3,4,5). The van der Waals surface area contributed by atoms with Gasteiger partial charge in [-0.25, -0.2) is 0 Å². The first-order chi connectivity index (χ1) is 9.74. The third-order valence-electron chi connectivity index (χ3n) is 3.96.